The van der Waals surface area contributed by atoms with Gasteiger partial charge in [-0.25, -0.2) is 4.79 Å². The molecule has 4 rings (SSSR count). The summed E-state index contributed by atoms with van der Waals surface area (Å²) >= 11 is 1.09. The van der Waals surface area contributed by atoms with Crippen molar-refractivity contribution in [2.75, 3.05) is 11.9 Å². The number of fused-ring (bicyclic) bond motifs is 1. The van der Waals surface area contributed by atoms with E-state index in [1.807, 2.05) is 6.07 Å². The molecule has 2 N–H and O–H groups in total. The quantitative estimate of drug-likeness (QED) is 0.354. The molecule has 174 valence electrons. The maximum Gasteiger partial charge on any atom is 0.416 e. The molecule has 0 radical (unpaired) electrons. The lowest BCUT2D eigenvalue weighted by molar-refractivity contribution is -0.137. The summed E-state index contributed by atoms with van der Waals surface area (Å²) in [6.45, 7) is 1.78. The number of carbonyl (C=O) groups is 2. The Labute approximate surface area is 195 Å². The van der Waals surface area contributed by atoms with Gasteiger partial charge in [-0.3, -0.25) is 9.59 Å². The van der Waals surface area contributed by atoms with E-state index in [4.69, 9.17) is 4.74 Å². The fourth-order valence-corrected chi connectivity index (χ4v) is 4.38. The molecule has 2 aromatic carbocycles. The summed E-state index contributed by atoms with van der Waals surface area (Å²) < 4.78 is 44.0. The number of amides is 1. The van der Waals surface area contributed by atoms with Crippen LogP contribution in [0.5, 0.6) is 0 Å². The van der Waals surface area contributed by atoms with E-state index in [1.165, 1.54) is 0 Å². The number of aromatic amines is 1. The predicted molar refractivity (Wildman–Crippen MR) is 123 cm³/mol. The zero-order chi connectivity index (χ0) is 24.5. The van der Waals surface area contributed by atoms with Crippen LogP contribution in [0.3, 0.4) is 0 Å². The van der Waals surface area contributed by atoms with E-state index in [0.29, 0.717) is 5.56 Å². The van der Waals surface area contributed by atoms with Crippen LogP contribution in [0.1, 0.15) is 33.2 Å². The van der Waals surface area contributed by atoms with Gasteiger partial charge in [0.1, 0.15) is 16.1 Å². The number of halogens is 3. The van der Waals surface area contributed by atoms with Crippen LogP contribution in [0.15, 0.2) is 64.9 Å². The fourth-order valence-electron chi connectivity index (χ4n) is 3.42. The topological polar surface area (TPSA) is 88.3 Å². The van der Waals surface area contributed by atoms with Gasteiger partial charge in [0.2, 0.25) is 5.43 Å². The zero-order valence-corrected chi connectivity index (χ0v) is 18.5. The SMILES string of the molecule is CCOC(=O)c1c(-c2ccccc2)csc1NC(=O)c1c[nH]c2cc(C(F)(F)F)ccc2c1=O. The van der Waals surface area contributed by atoms with E-state index in [-0.39, 0.29) is 33.6 Å². The van der Waals surface area contributed by atoms with E-state index in [9.17, 15) is 27.6 Å². The van der Waals surface area contributed by atoms with Gasteiger partial charge in [-0.15, -0.1) is 11.3 Å². The number of rotatable bonds is 5. The Morgan fingerprint density at radius 1 is 1.12 bits per heavy atom. The van der Waals surface area contributed by atoms with Gasteiger partial charge in [0.25, 0.3) is 5.91 Å². The van der Waals surface area contributed by atoms with E-state index in [1.54, 1.807) is 36.6 Å². The molecule has 0 saturated carbocycles. The third-order valence-electron chi connectivity index (χ3n) is 5.04. The standard InChI is InChI=1S/C24H17F3N2O4S/c1-2-33-23(32)19-17(13-6-4-3-5-7-13)12-34-22(19)29-21(31)16-11-28-18-10-14(24(25,26)27)8-9-15(18)20(16)30/h3-12H,2H2,1H3,(H,28,30)(H,29,31). The number of thiophene rings is 1. The second kappa shape index (κ2) is 9.14. The number of esters is 1. The molecule has 6 nitrogen and oxygen atoms in total. The van der Waals surface area contributed by atoms with E-state index >= 15 is 0 Å². The Kier molecular flexibility index (Phi) is 6.25. The summed E-state index contributed by atoms with van der Waals surface area (Å²) in [6.07, 6.45) is -3.52. The molecule has 2 aromatic heterocycles. The maximum absolute atomic E-state index is 13.0. The Balaban J connectivity index is 1.71. The molecule has 0 bridgehead atoms. The minimum Gasteiger partial charge on any atom is -0.462 e. The van der Waals surface area contributed by atoms with Gasteiger partial charge in [-0.2, -0.15) is 13.2 Å². The highest BCUT2D eigenvalue weighted by atomic mass is 32.1. The van der Waals surface area contributed by atoms with Gasteiger partial charge in [0, 0.05) is 28.0 Å². The first-order chi connectivity index (χ1) is 16.2. The number of H-pyrrole nitrogens is 1. The molecule has 0 aliphatic carbocycles. The number of alkyl halides is 3. The Hall–Kier alpha value is -3.92. The molecule has 0 fully saturated rings. The number of ether oxygens (including phenoxy) is 1. The number of anilines is 1. The number of nitrogens with one attached hydrogen (secondary N) is 2. The highest BCUT2D eigenvalue weighted by molar-refractivity contribution is 7.15. The van der Waals surface area contributed by atoms with Crippen molar-refractivity contribution < 1.29 is 27.5 Å². The van der Waals surface area contributed by atoms with Crippen molar-refractivity contribution in [1.82, 2.24) is 4.98 Å². The zero-order valence-electron chi connectivity index (χ0n) is 17.7. The van der Waals surface area contributed by atoms with Crippen LogP contribution in [0, 0.1) is 0 Å². The van der Waals surface area contributed by atoms with Crippen molar-refractivity contribution in [3.63, 3.8) is 0 Å². The van der Waals surface area contributed by atoms with Crippen LogP contribution in [-0.2, 0) is 10.9 Å². The van der Waals surface area contributed by atoms with E-state index < -0.39 is 29.0 Å². The molecule has 0 spiro atoms. The second-order valence-corrected chi connectivity index (χ2v) is 8.06. The van der Waals surface area contributed by atoms with Gasteiger partial charge in [-0.1, -0.05) is 30.3 Å². The monoisotopic (exact) mass is 486 g/mol. The number of carbonyl (C=O) groups excluding carboxylic acids is 2. The number of hydrogen-bond acceptors (Lipinski definition) is 5. The molecule has 0 aliphatic heterocycles. The summed E-state index contributed by atoms with van der Waals surface area (Å²) in [5.74, 6) is -1.44. The van der Waals surface area contributed by atoms with Crippen LogP contribution < -0.4 is 10.7 Å². The highest BCUT2D eigenvalue weighted by Crippen LogP contribution is 2.36. The minimum absolute atomic E-state index is 0.0499. The molecule has 0 saturated heterocycles. The summed E-state index contributed by atoms with van der Waals surface area (Å²) in [5.41, 5.74) is -0.560. The van der Waals surface area contributed by atoms with Crippen molar-refractivity contribution in [2.24, 2.45) is 0 Å². The normalized spacial score (nSPS) is 11.4. The van der Waals surface area contributed by atoms with Crippen molar-refractivity contribution in [3.8, 4) is 11.1 Å². The molecular formula is C24H17F3N2O4S. The van der Waals surface area contributed by atoms with Crippen LogP contribution >= 0.6 is 11.3 Å². The molecule has 4 aromatic rings. The van der Waals surface area contributed by atoms with Gasteiger partial charge in [0.15, 0.2) is 0 Å². The second-order valence-electron chi connectivity index (χ2n) is 7.18. The van der Waals surface area contributed by atoms with Crippen molar-refractivity contribution in [3.05, 3.63) is 87.0 Å². The van der Waals surface area contributed by atoms with Crippen molar-refractivity contribution >= 4 is 39.1 Å². The maximum atomic E-state index is 13.0. The Morgan fingerprint density at radius 2 is 1.85 bits per heavy atom. The first kappa shape index (κ1) is 23.2. The van der Waals surface area contributed by atoms with Gasteiger partial charge >= 0.3 is 12.1 Å². The van der Waals surface area contributed by atoms with Gasteiger partial charge in [0.05, 0.1) is 12.2 Å². The molecule has 0 atom stereocenters. The van der Waals surface area contributed by atoms with Crippen molar-refractivity contribution in [1.29, 1.82) is 0 Å². The number of hydrogen-bond donors (Lipinski definition) is 2. The van der Waals surface area contributed by atoms with Gasteiger partial charge in [-0.05, 0) is 30.7 Å². The van der Waals surface area contributed by atoms with Crippen LogP contribution in [0.25, 0.3) is 22.0 Å². The molecule has 10 heteroatoms. The lowest BCUT2D eigenvalue weighted by Gasteiger charge is -2.10. The number of benzene rings is 2. The Morgan fingerprint density at radius 3 is 2.53 bits per heavy atom. The predicted octanol–water partition coefficient (Wildman–Crippen LogP) is 5.70. The van der Waals surface area contributed by atoms with Crippen LogP contribution in [-0.4, -0.2) is 23.5 Å². The molecule has 0 aliphatic rings. The summed E-state index contributed by atoms with van der Waals surface area (Å²) in [6, 6.07) is 11.7. The van der Waals surface area contributed by atoms with Gasteiger partial charge < -0.3 is 15.0 Å². The summed E-state index contributed by atoms with van der Waals surface area (Å²) in [7, 11) is 0. The fraction of sp³-hybridized carbons (Fsp3) is 0.125. The molecule has 2 heterocycles. The molecule has 34 heavy (non-hydrogen) atoms. The average Bonchev–Trinajstić information content (AvgIpc) is 3.22. The lowest BCUT2D eigenvalue weighted by Crippen LogP contribution is -2.22. The summed E-state index contributed by atoms with van der Waals surface area (Å²) in [4.78, 5) is 41.0. The van der Waals surface area contributed by atoms with E-state index in [2.05, 4.69) is 10.3 Å². The molecular weight excluding hydrogens is 469 g/mol. The largest absolute Gasteiger partial charge is 0.462 e. The lowest BCUT2D eigenvalue weighted by atomic mass is 10.0. The third-order valence-corrected chi connectivity index (χ3v) is 5.93. The van der Waals surface area contributed by atoms with Crippen molar-refractivity contribution in [2.45, 2.75) is 13.1 Å². The van der Waals surface area contributed by atoms with Crippen LogP contribution in [0.4, 0.5) is 18.2 Å². The minimum atomic E-state index is -4.57. The number of pyridine rings is 1. The first-order valence-electron chi connectivity index (χ1n) is 10.1. The highest BCUT2D eigenvalue weighted by Gasteiger charge is 2.31. The first-order valence-corrected chi connectivity index (χ1v) is 11.0. The Bertz CT molecular complexity index is 1440. The molecule has 1 amide bonds. The number of aromatic nitrogens is 1. The smallest absolute Gasteiger partial charge is 0.416 e. The average molecular weight is 486 g/mol. The van der Waals surface area contributed by atoms with E-state index in [0.717, 1.165) is 41.3 Å². The summed E-state index contributed by atoms with van der Waals surface area (Å²) in [5, 5.41) is 4.39. The molecule has 0 unspecified atom stereocenters. The third kappa shape index (κ3) is 4.44. The van der Waals surface area contributed by atoms with Crippen LogP contribution in [0.2, 0.25) is 0 Å².